The molecule has 2 aromatic carbocycles. The Morgan fingerprint density at radius 2 is 1.77 bits per heavy atom. The summed E-state index contributed by atoms with van der Waals surface area (Å²) >= 11 is 1.64. The fourth-order valence-electron chi connectivity index (χ4n) is 2.15. The number of rotatable bonds is 7. The lowest BCUT2D eigenvalue weighted by molar-refractivity contribution is -0.142. The van der Waals surface area contributed by atoms with E-state index in [1.807, 2.05) is 30.5 Å². The summed E-state index contributed by atoms with van der Waals surface area (Å²) in [7, 11) is 0. The number of ether oxygens (including phenoxy) is 1. The number of esters is 1. The molecule has 0 aliphatic heterocycles. The number of carbonyl (C=O) groups is 3. The number of benzene rings is 2. The lowest BCUT2D eigenvalue weighted by Gasteiger charge is -2.08. The molecule has 0 saturated heterocycles. The quantitative estimate of drug-likeness (QED) is 0.348. The Bertz CT molecular complexity index is 828. The van der Waals surface area contributed by atoms with Crippen molar-refractivity contribution in [2.45, 2.75) is 11.8 Å². The zero-order valence-electron chi connectivity index (χ0n) is 14.5. The SMILES string of the molecule is CSc1ccc(/C=C/C(=O)OCC(=O)Nc2ccccc2C(C)=O)cc1. The fourth-order valence-corrected chi connectivity index (χ4v) is 2.56. The second-order valence-corrected chi connectivity index (χ2v) is 6.24. The summed E-state index contributed by atoms with van der Waals surface area (Å²) in [6.07, 6.45) is 4.88. The van der Waals surface area contributed by atoms with Crippen molar-refractivity contribution in [1.29, 1.82) is 0 Å². The van der Waals surface area contributed by atoms with Gasteiger partial charge in [-0.2, -0.15) is 0 Å². The summed E-state index contributed by atoms with van der Waals surface area (Å²) in [5.74, 6) is -1.29. The third-order valence-corrected chi connectivity index (χ3v) is 4.20. The predicted molar refractivity (Wildman–Crippen MR) is 103 cm³/mol. The maximum absolute atomic E-state index is 11.9. The zero-order chi connectivity index (χ0) is 18.9. The van der Waals surface area contributed by atoms with Gasteiger partial charge in [-0.25, -0.2) is 4.79 Å². The molecule has 2 rings (SSSR count). The summed E-state index contributed by atoms with van der Waals surface area (Å²) in [5.41, 5.74) is 1.66. The van der Waals surface area contributed by atoms with Gasteiger partial charge in [0.05, 0.1) is 5.69 Å². The smallest absolute Gasteiger partial charge is 0.331 e. The van der Waals surface area contributed by atoms with Gasteiger partial charge in [0.2, 0.25) is 0 Å². The Morgan fingerprint density at radius 3 is 2.42 bits per heavy atom. The fraction of sp³-hybridized carbons (Fsp3) is 0.150. The lowest BCUT2D eigenvalue weighted by Crippen LogP contribution is -2.21. The van der Waals surface area contributed by atoms with Gasteiger partial charge in [-0.05, 0) is 49.1 Å². The van der Waals surface area contributed by atoms with Gasteiger partial charge in [-0.1, -0.05) is 24.3 Å². The molecular formula is C20H19NO4S. The molecule has 0 saturated carbocycles. The van der Waals surface area contributed by atoms with Gasteiger partial charge in [0.25, 0.3) is 5.91 Å². The molecule has 0 bridgehead atoms. The number of hydrogen-bond acceptors (Lipinski definition) is 5. The highest BCUT2D eigenvalue weighted by Gasteiger charge is 2.10. The molecule has 5 nitrogen and oxygen atoms in total. The molecule has 0 atom stereocenters. The number of ketones is 1. The van der Waals surface area contributed by atoms with E-state index < -0.39 is 18.5 Å². The van der Waals surface area contributed by atoms with Crippen molar-refractivity contribution in [2.24, 2.45) is 0 Å². The standard InChI is InChI=1S/C20H19NO4S/c1-14(22)17-5-3-4-6-18(17)21-19(23)13-25-20(24)12-9-15-7-10-16(26-2)11-8-15/h3-12H,13H2,1-2H3,(H,21,23)/b12-9+. The second kappa shape index (κ2) is 9.58. The maximum Gasteiger partial charge on any atom is 0.331 e. The van der Waals surface area contributed by atoms with E-state index in [2.05, 4.69) is 5.32 Å². The largest absolute Gasteiger partial charge is 0.452 e. The first kappa shape index (κ1) is 19.5. The van der Waals surface area contributed by atoms with Gasteiger partial charge in [0.1, 0.15) is 0 Å². The molecule has 0 aromatic heterocycles. The van der Waals surface area contributed by atoms with Crippen LogP contribution in [0.15, 0.2) is 59.5 Å². The molecular weight excluding hydrogens is 350 g/mol. The Hall–Kier alpha value is -2.86. The van der Waals surface area contributed by atoms with Crippen LogP contribution in [0, 0.1) is 0 Å². The summed E-state index contributed by atoms with van der Waals surface area (Å²) in [6.45, 7) is 0.988. The van der Waals surface area contributed by atoms with Crippen LogP contribution < -0.4 is 5.32 Å². The number of thioether (sulfide) groups is 1. The summed E-state index contributed by atoms with van der Waals surface area (Å²) in [6, 6.07) is 14.3. The first-order valence-corrected chi connectivity index (χ1v) is 9.11. The topological polar surface area (TPSA) is 72.5 Å². The third kappa shape index (κ3) is 5.89. The number of carbonyl (C=O) groups excluding carboxylic acids is 3. The van der Waals surface area contributed by atoms with E-state index in [1.165, 1.54) is 13.0 Å². The van der Waals surface area contributed by atoms with Crippen LogP contribution in [0.5, 0.6) is 0 Å². The van der Waals surface area contributed by atoms with Crippen LogP contribution in [-0.4, -0.2) is 30.5 Å². The van der Waals surface area contributed by atoms with Crippen LogP contribution in [-0.2, 0) is 14.3 Å². The Balaban J connectivity index is 1.86. The van der Waals surface area contributed by atoms with Crippen LogP contribution in [0.3, 0.4) is 0 Å². The predicted octanol–water partition coefficient (Wildman–Crippen LogP) is 3.81. The molecule has 6 heteroatoms. The normalized spacial score (nSPS) is 10.5. The lowest BCUT2D eigenvalue weighted by atomic mass is 10.1. The molecule has 2 aromatic rings. The van der Waals surface area contributed by atoms with Gasteiger partial charge in [-0.3, -0.25) is 9.59 Å². The van der Waals surface area contributed by atoms with Crippen molar-refractivity contribution in [3.05, 3.63) is 65.7 Å². The van der Waals surface area contributed by atoms with Crippen molar-refractivity contribution >= 4 is 41.2 Å². The molecule has 134 valence electrons. The van der Waals surface area contributed by atoms with Crippen LogP contribution in [0.2, 0.25) is 0 Å². The molecule has 1 N–H and O–H groups in total. The molecule has 1 amide bonds. The van der Waals surface area contributed by atoms with Crippen molar-refractivity contribution in [3.8, 4) is 0 Å². The summed E-state index contributed by atoms with van der Waals surface area (Å²) in [4.78, 5) is 36.3. The Morgan fingerprint density at radius 1 is 1.08 bits per heavy atom. The van der Waals surface area contributed by atoms with Crippen LogP contribution in [0.4, 0.5) is 5.69 Å². The van der Waals surface area contributed by atoms with Gasteiger partial charge < -0.3 is 10.1 Å². The van der Waals surface area contributed by atoms with E-state index in [9.17, 15) is 14.4 Å². The number of nitrogens with one attached hydrogen (secondary N) is 1. The number of para-hydroxylation sites is 1. The third-order valence-electron chi connectivity index (χ3n) is 3.45. The number of amides is 1. The van der Waals surface area contributed by atoms with E-state index in [0.29, 0.717) is 11.3 Å². The van der Waals surface area contributed by atoms with Crippen molar-refractivity contribution in [2.75, 3.05) is 18.2 Å². The monoisotopic (exact) mass is 369 g/mol. The van der Waals surface area contributed by atoms with Gasteiger partial charge in [0.15, 0.2) is 12.4 Å². The van der Waals surface area contributed by atoms with E-state index >= 15 is 0 Å². The molecule has 0 spiro atoms. The van der Waals surface area contributed by atoms with Crippen molar-refractivity contribution < 1.29 is 19.1 Å². The highest BCUT2D eigenvalue weighted by molar-refractivity contribution is 7.98. The first-order chi connectivity index (χ1) is 12.5. The zero-order valence-corrected chi connectivity index (χ0v) is 15.3. The minimum Gasteiger partial charge on any atom is -0.452 e. The highest BCUT2D eigenvalue weighted by atomic mass is 32.2. The van der Waals surface area contributed by atoms with Gasteiger partial charge >= 0.3 is 5.97 Å². The molecule has 0 aliphatic carbocycles. The number of hydrogen-bond donors (Lipinski definition) is 1. The minimum absolute atomic E-state index is 0.159. The highest BCUT2D eigenvalue weighted by Crippen LogP contribution is 2.16. The van der Waals surface area contributed by atoms with Gasteiger partial charge in [0, 0.05) is 16.5 Å². The van der Waals surface area contributed by atoms with E-state index in [0.717, 1.165) is 10.5 Å². The molecule has 0 aliphatic rings. The second-order valence-electron chi connectivity index (χ2n) is 5.36. The van der Waals surface area contributed by atoms with Crippen molar-refractivity contribution in [1.82, 2.24) is 0 Å². The molecule has 0 radical (unpaired) electrons. The Labute approximate surface area is 156 Å². The summed E-state index contributed by atoms with van der Waals surface area (Å²) < 4.78 is 4.92. The number of Topliss-reactive ketones (excluding diaryl/α,β-unsaturated/α-hetero) is 1. The van der Waals surface area contributed by atoms with Crippen molar-refractivity contribution in [3.63, 3.8) is 0 Å². The van der Waals surface area contributed by atoms with E-state index in [1.54, 1.807) is 42.1 Å². The minimum atomic E-state index is -0.617. The van der Waals surface area contributed by atoms with Crippen LogP contribution in [0.25, 0.3) is 6.08 Å². The molecule has 0 unspecified atom stereocenters. The molecule has 0 heterocycles. The van der Waals surface area contributed by atoms with E-state index in [4.69, 9.17) is 4.74 Å². The van der Waals surface area contributed by atoms with E-state index in [-0.39, 0.29) is 5.78 Å². The average Bonchev–Trinajstić information content (AvgIpc) is 2.65. The number of anilines is 1. The first-order valence-electron chi connectivity index (χ1n) is 7.88. The van der Waals surface area contributed by atoms with Crippen LogP contribution >= 0.6 is 11.8 Å². The van der Waals surface area contributed by atoms with Gasteiger partial charge in [-0.15, -0.1) is 11.8 Å². The maximum atomic E-state index is 11.9. The molecule has 26 heavy (non-hydrogen) atoms. The summed E-state index contributed by atoms with van der Waals surface area (Å²) in [5, 5.41) is 2.57. The Kier molecular flexibility index (Phi) is 7.17. The average molecular weight is 369 g/mol. The molecule has 0 fully saturated rings. The van der Waals surface area contributed by atoms with Crippen LogP contribution in [0.1, 0.15) is 22.8 Å².